The summed E-state index contributed by atoms with van der Waals surface area (Å²) in [7, 11) is 0. The number of ether oxygens (including phenoxy) is 1. The molecule has 0 N–H and O–H groups in total. The van der Waals surface area contributed by atoms with Gasteiger partial charge in [0.25, 0.3) is 0 Å². The fourth-order valence-corrected chi connectivity index (χ4v) is 1.36. The zero-order valence-corrected chi connectivity index (χ0v) is 6.85. The van der Waals surface area contributed by atoms with Crippen molar-refractivity contribution < 1.29 is 9.53 Å². The Balaban J connectivity index is 2.39. The lowest BCUT2D eigenvalue weighted by Gasteiger charge is -2.00. The van der Waals surface area contributed by atoms with Crippen LogP contribution in [0.2, 0.25) is 0 Å². The van der Waals surface area contributed by atoms with Crippen molar-refractivity contribution in [3.63, 3.8) is 0 Å². The van der Waals surface area contributed by atoms with Gasteiger partial charge in [0.15, 0.2) is 5.78 Å². The number of carbonyl (C=O) groups is 1. The van der Waals surface area contributed by atoms with Crippen LogP contribution in [-0.4, -0.2) is 23.3 Å². The lowest BCUT2D eigenvalue weighted by Crippen LogP contribution is -2.15. The van der Waals surface area contributed by atoms with Crippen LogP contribution < -0.4 is 0 Å². The van der Waals surface area contributed by atoms with Gasteiger partial charge in [0, 0.05) is 4.83 Å². The average Bonchev–Trinajstić information content (AvgIpc) is 2.14. The lowest BCUT2D eigenvalue weighted by molar-refractivity contribution is -0.125. The Morgan fingerprint density at radius 2 is 2.44 bits per heavy atom. The molecule has 2 nitrogen and oxygen atoms in total. The topological polar surface area (TPSA) is 26.3 Å². The molecule has 0 amide bonds. The number of alkyl halides is 1. The van der Waals surface area contributed by atoms with Crippen LogP contribution in [0, 0.1) is 0 Å². The summed E-state index contributed by atoms with van der Waals surface area (Å²) < 4.78 is 5.13. The summed E-state index contributed by atoms with van der Waals surface area (Å²) >= 11 is 3.37. The molecule has 2 atom stereocenters. The zero-order chi connectivity index (χ0) is 6.85. The summed E-state index contributed by atoms with van der Waals surface area (Å²) in [6.07, 6.45) is 0.685. The molecule has 1 aliphatic heterocycles. The third-order valence-electron chi connectivity index (χ3n) is 1.40. The molecule has 0 spiro atoms. The number of Topliss-reactive ketones (excluding diaryl/α,β-unsaturated/α-hetero) is 1. The lowest BCUT2D eigenvalue weighted by atomic mass is 10.2. The maximum atomic E-state index is 10.6. The minimum Gasteiger partial charge on any atom is -0.369 e. The van der Waals surface area contributed by atoms with Gasteiger partial charge >= 0.3 is 0 Å². The molecule has 0 saturated carbocycles. The van der Waals surface area contributed by atoms with Crippen LogP contribution in [0.1, 0.15) is 13.3 Å². The van der Waals surface area contributed by atoms with Crippen molar-refractivity contribution in [1.29, 1.82) is 0 Å². The molecule has 1 aliphatic rings. The van der Waals surface area contributed by atoms with Crippen molar-refractivity contribution in [1.82, 2.24) is 0 Å². The van der Waals surface area contributed by atoms with E-state index < -0.39 is 0 Å². The molecule has 1 saturated heterocycles. The molecule has 9 heavy (non-hydrogen) atoms. The Hall–Kier alpha value is 0.110. The van der Waals surface area contributed by atoms with E-state index in [-0.39, 0.29) is 11.9 Å². The van der Waals surface area contributed by atoms with Crippen LogP contribution >= 0.6 is 15.9 Å². The van der Waals surface area contributed by atoms with Crippen molar-refractivity contribution >= 4 is 21.7 Å². The summed E-state index contributed by atoms with van der Waals surface area (Å²) in [5, 5.41) is 0. The molecule has 0 aromatic heterocycles. The summed E-state index contributed by atoms with van der Waals surface area (Å²) in [5.74, 6) is 0.136. The van der Waals surface area contributed by atoms with Gasteiger partial charge in [-0.25, -0.2) is 0 Å². The molecule has 52 valence electrons. The third kappa shape index (κ3) is 1.76. The number of halogens is 1. The first-order chi connectivity index (χ1) is 4.20. The van der Waals surface area contributed by atoms with Crippen LogP contribution in [0.15, 0.2) is 0 Å². The predicted octanol–water partition coefficient (Wildman–Crippen LogP) is 1.13. The quantitative estimate of drug-likeness (QED) is 0.583. The second kappa shape index (κ2) is 2.80. The van der Waals surface area contributed by atoms with E-state index in [0.717, 1.165) is 6.42 Å². The number of ketones is 1. The van der Waals surface area contributed by atoms with E-state index >= 15 is 0 Å². The number of carbonyl (C=O) groups excluding carboxylic acids is 1. The third-order valence-corrected chi connectivity index (χ3v) is 2.04. The van der Waals surface area contributed by atoms with Crippen molar-refractivity contribution in [3.05, 3.63) is 0 Å². The van der Waals surface area contributed by atoms with Crippen LogP contribution in [-0.2, 0) is 9.53 Å². The van der Waals surface area contributed by atoms with Gasteiger partial charge in [0.05, 0.1) is 6.61 Å². The molecular formula is C6H9BrO2. The van der Waals surface area contributed by atoms with Crippen LogP contribution in [0.25, 0.3) is 0 Å². The highest BCUT2D eigenvalue weighted by Crippen LogP contribution is 2.19. The zero-order valence-electron chi connectivity index (χ0n) is 5.26. The van der Waals surface area contributed by atoms with Crippen LogP contribution in [0.4, 0.5) is 0 Å². The van der Waals surface area contributed by atoms with Gasteiger partial charge in [-0.05, 0) is 13.3 Å². The van der Waals surface area contributed by atoms with Gasteiger partial charge < -0.3 is 4.74 Å². The van der Waals surface area contributed by atoms with Crippen molar-refractivity contribution in [3.8, 4) is 0 Å². The average molecular weight is 193 g/mol. The highest BCUT2D eigenvalue weighted by Gasteiger charge is 2.26. The maximum Gasteiger partial charge on any atom is 0.158 e. The molecule has 0 radical (unpaired) electrons. The van der Waals surface area contributed by atoms with Gasteiger partial charge in [-0.3, -0.25) is 4.79 Å². The Kier molecular flexibility index (Phi) is 2.24. The number of hydrogen-bond acceptors (Lipinski definition) is 2. The molecule has 1 fully saturated rings. The summed E-state index contributed by atoms with van der Waals surface area (Å²) in [4.78, 5) is 11.0. The van der Waals surface area contributed by atoms with Gasteiger partial charge in [0.2, 0.25) is 0 Å². The molecule has 0 bridgehead atoms. The molecule has 1 heterocycles. The summed E-state index contributed by atoms with van der Waals surface area (Å²) in [6.45, 7) is 2.24. The molecule has 0 aromatic carbocycles. The molecule has 2 unspecified atom stereocenters. The molecule has 3 heteroatoms. The second-order valence-electron chi connectivity index (χ2n) is 2.27. The van der Waals surface area contributed by atoms with Gasteiger partial charge in [0.1, 0.15) is 6.10 Å². The van der Waals surface area contributed by atoms with Gasteiger partial charge in [-0.15, -0.1) is 0 Å². The predicted molar refractivity (Wildman–Crippen MR) is 37.8 cm³/mol. The molecule has 1 rings (SSSR count). The first-order valence-electron chi connectivity index (χ1n) is 2.96. The highest BCUT2D eigenvalue weighted by atomic mass is 79.9. The van der Waals surface area contributed by atoms with Crippen LogP contribution in [0.5, 0.6) is 0 Å². The van der Waals surface area contributed by atoms with Gasteiger partial charge in [-0.2, -0.15) is 0 Å². The first-order valence-corrected chi connectivity index (χ1v) is 3.88. The number of hydrogen-bond donors (Lipinski definition) is 0. The Morgan fingerprint density at radius 3 is 2.67 bits per heavy atom. The fourth-order valence-electron chi connectivity index (χ4n) is 0.872. The molecule has 0 aromatic rings. The van der Waals surface area contributed by atoms with Crippen molar-refractivity contribution in [2.45, 2.75) is 24.3 Å². The molecular weight excluding hydrogens is 184 g/mol. The maximum absolute atomic E-state index is 10.6. The van der Waals surface area contributed by atoms with Crippen molar-refractivity contribution in [2.24, 2.45) is 0 Å². The Labute approximate surface area is 62.7 Å². The van der Waals surface area contributed by atoms with E-state index in [2.05, 4.69) is 15.9 Å². The normalized spacial score (nSPS) is 34.9. The van der Waals surface area contributed by atoms with E-state index in [4.69, 9.17) is 4.74 Å². The van der Waals surface area contributed by atoms with E-state index in [0.29, 0.717) is 11.4 Å². The SMILES string of the molecule is CC(=O)C1CC(Br)CO1. The van der Waals surface area contributed by atoms with E-state index in [1.165, 1.54) is 0 Å². The Morgan fingerprint density at radius 1 is 1.78 bits per heavy atom. The smallest absolute Gasteiger partial charge is 0.158 e. The van der Waals surface area contributed by atoms with E-state index in [1.54, 1.807) is 6.92 Å². The standard InChI is InChI=1S/C6H9BrO2/c1-4(8)6-2-5(7)3-9-6/h5-6H,2-3H2,1H3. The number of rotatable bonds is 1. The van der Waals surface area contributed by atoms with E-state index in [1.807, 2.05) is 0 Å². The van der Waals surface area contributed by atoms with Gasteiger partial charge in [-0.1, -0.05) is 15.9 Å². The summed E-state index contributed by atoms with van der Waals surface area (Å²) in [6, 6.07) is 0. The minimum atomic E-state index is -0.144. The largest absolute Gasteiger partial charge is 0.369 e. The molecule has 0 aliphatic carbocycles. The second-order valence-corrected chi connectivity index (χ2v) is 3.56. The fraction of sp³-hybridized carbons (Fsp3) is 0.833. The summed E-state index contributed by atoms with van der Waals surface area (Å²) in [5.41, 5.74) is 0. The highest BCUT2D eigenvalue weighted by molar-refractivity contribution is 9.09. The minimum absolute atomic E-state index is 0.136. The Bertz CT molecular complexity index is 124. The first kappa shape index (κ1) is 7.22. The monoisotopic (exact) mass is 192 g/mol. The van der Waals surface area contributed by atoms with Crippen LogP contribution in [0.3, 0.4) is 0 Å². The van der Waals surface area contributed by atoms with Crippen molar-refractivity contribution in [2.75, 3.05) is 6.61 Å². The van der Waals surface area contributed by atoms with E-state index in [9.17, 15) is 4.79 Å².